The molecular formula is C19H19F3N3O+. The van der Waals surface area contributed by atoms with Crippen LogP contribution < -0.4 is 4.57 Å². The molecule has 0 spiro atoms. The molecule has 1 aliphatic rings. The highest BCUT2D eigenvalue weighted by Crippen LogP contribution is 2.37. The number of benzene rings is 1. The van der Waals surface area contributed by atoms with E-state index in [1.165, 1.54) is 12.1 Å². The largest absolute Gasteiger partial charge is 0.638 e. The lowest BCUT2D eigenvalue weighted by atomic mass is 9.95. The summed E-state index contributed by atoms with van der Waals surface area (Å²) in [5.41, 5.74) is 2.89. The van der Waals surface area contributed by atoms with Crippen molar-refractivity contribution < 1.29 is 22.5 Å². The van der Waals surface area contributed by atoms with Crippen molar-refractivity contribution in [3.05, 3.63) is 47.7 Å². The molecule has 4 rings (SSSR count). The molecule has 26 heavy (non-hydrogen) atoms. The average molecular weight is 362 g/mol. The third-order valence-corrected chi connectivity index (χ3v) is 4.86. The fourth-order valence-corrected chi connectivity index (χ4v) is 3.59. The first-order chi connectivity index (χ1) is 12.5. The summed E-state index contributed by atoms with van der Waals surface area (Å²) in [7, 11) is 0. The second kappa shape index (κ2) is 6.39. The van der Waals surface area contributed by atoms with E-state index < -0.39 is 6.30 Å². The third-order valence-electron chi connectivity index (χ3n) is 4.86. The van der Waals surface area contributed by atoms with Crippen LogP contribution in [-0.2, 0) is 11.0 Å². The minimum absolute atomic E-state index is 0.0326. The maximum absolute atomic E-state index is 13.5. The second-order valence-corrected chi connectivity index (χ2v) is 6.57. The Morgan fingerprint density at radius 2 is 2.04 bits per heavy atom. The van der Waals surface area contributed by atoms with Gasteiger partial charge >= 0.3 is 6.30 Å². The molecule has 1 unspecified atom stereocenters. The van der Waals surface area contributed by atoms with Crippen molar-refractivity contribution in [1.29, 1.82) is 0 Å². The number of aromatic amines is 1. The molecule has 2 aromatic heterocycles. The fourth-order valence-electron chi connectivity index (χ4n) is 3.59. The Balaban J connectivity index is 1.96. The zero-order valence-corrected chi connectivity index (χ0v) is 14.3. The molecule has 1 fully saturated rings. The first-order valence-electron chi connectivity index (χ1n) is 8.64. The Hall–Kier alpha value is -2.41. The summed E-state index contributed by atoms with van der Waals surface area (Å²) in [6, 6.07) is 8.31. The molecule has 1 atom stereocenters. The minimum atomic E-state index is -4.51. The maximum atomic E-state index is 13.5. The molecule has 3 heterocycles. The standard InChI is InChI=1S/C19H18F3N3O/c1-12-8-9-13(15-7-3-5-11-26-15)16-17(12)23-24-18(16)14-6-2-4-10-25(14)19(20,21)22/h2,4,6,8-10,15H,3,5,7,11H2,1H3/p+1. The van der Waals surface area contributed by atoms with Crippen LogP contribution >= 0.6 is 0 Å². The van der Waals surface area contributed by atoms with Crippen LogP contribution in [0.1, 0.15) is 36.5 Å². The van der Waals surface area contributed by atoms with Gasteiger partial charge in [0.15, 0.2) is 6.20 Å². The highest BCUT2D eigenvalue weighted by molar-refractivity contribution is 5.96. The summed E-state index contributed by atoms with van der Waals surface area (Å²) in [5.74, 6) is 0. The molecule has 4 nitrogen and oxygen atoms in total. The van der Waals surface area contributed by atoms with Crippen molar-refractivity contribution in [3.8, 4) is 11.4 Å². The number of fused-ring (bicyclic) bond motifs is 1. The molecule has 3 aromatic rings. The van der Waals surface area contributed by atoms with E-state index in [2.05, 4.69) is 10.2 Å². The molecule has 1 aliphatic heterocycles. The molecule has 0 saturated carbocycles. The summed E-state index contributed by atoms with van der Waals surface area (Å²) in [4.78, 5) is 0. The third kappa shape index (κ3) is 2.86. The van der Waals surface area contributed by atoms with Crippen LogP contribution in [0.2, 0.25) is 0 Å². The van der Waals surface area contributed by atoms with Crippen LogP contribution in [-0.4, -0.2) is 16.8 Å². The van der Waals surface area contributed by atoms with Crippen molar-refractivity contribution in [3.63, 3.8) is 0 Å². The number of aromatic nitrogens is 3. The monoisotopic (exact) mass is 362 g/mol. The van der Waals surface area contributed by atoms with Gasteiger partial charge in [0.1, 0.15) is 5.69 Å². The second-order valence-electron chi connectivity index (χ2n) is 6.57. The molecule has 7 heteroatoms. The Labute approximate surface area is 148 Å². The molecule has 136 valence electrons. The molecule has 0 bridgehead atoms. The van der Waals surface area contributed by atoms with Crippen LogP contribution in [0.4, 0.5) is 13.2 Å². The minimum Gasteiger partial charge on any atom is -0.374 e. The van der Waals surface area contributed by atoms with Crippen molar-refractivity contribution in [2.45, 2.75) is 38.6 Å². The van der Waals surface area contributed by atoms with Gasteiger partial charge in [-0.1, -0.05) is 16.7 Å². The van der Waals surface area contributed by atoms with Crippen molar-refractivity contribution in [2.75, 3.05) is 6.61 Å². The van der Waals surface area contributed by atoms with Gasteiger partial charge in [-0.3, -0.25) is 5.10 Å². The van der Waals surface area contributed by atoms with Crippen LogP contribution in [0.5, 0.6) is 0 Å². The van der Waals surface area contributed by atoms with Gasteiger partial charge in [-0.05, 0) is 43.4 Å². The first kappa shape index (κ1) is 17.0. The number of hydrogen-bond acceptors (Lipinski definition) is 2. The molecule has 1 saturated heterocycles. The summed E-state index contributed by atoms with van der Waals surface area (Å²) >= 11 is 0. The van der Waals surface area contributed by atoms with E-state index in [9.17, 15) is 13.2 Å². The van der Waals surface area contributed by atoms with Crippen LogP contribution in [0.25, 0.3) is 22.3 Å². The summed E-state index contributed by atoms with van der Waals surface area (Å²) in [5, 5.41) is 7.86. The van der Waals surface area contributed by atoms with E-state index in [4.69, 9.17) is 4.74 Å². The highest BCUT2D eigenvalue weighted by Gasteiger charge is 2.44. The van der Waals surface area contributed by atoms with E-state index in [0.29, 0.717) is 27.8 Å². The zero-order chi connectivity index (χ0) is 18.3. The predicted octanol–water partition coefficient (Wildman–Crippen LogP) is 4.54. The van der Waals surface area contributed by atoms with Gasteiger partial charge in [0, 0.05) is 24.1 Å². The number of hydrogen-bond donors (Lipinski definition) is 1. The molecule has 0 radical (unpaired) electrons. The van der Waals surface area contributed by atoms with Gasteiger partial charge in [0.05, 0.1) is 11.6 Å². The highest BCUT2D eigenvalue weighted by atomic mass is 19.4. The fraction of sp³-hybridized carbons (Fsp3) is 0.368. The Morgan fingerprint density at radius 1 is 1.19 bits per heavy atom. The zero-order valence-electron chi connectivity index (χ0n) is 14.3. The van der Waals surface area contributed by atoms with Gasteiger partial charge in [-0.2, -0.15) is 5.10 Å². The van der Waals surface area contributed by atoms with Crippen molar-refractivity contribution in [1.82, 2.24) is 10.2 Å². The van der Waals surface area contributed by atoms with Gasteiger partial charge < -0.3 is 4.74 Å². The van der Waals surface area contributed by atoms with Crippen LogP contribution in [0.3, 0.4) is 0 Å². The Bertz CT molecular complexity index is 943. The molecule has 1 N–H and O–H groups in total. The number of nitrogens with zero attached hydrogens (tertiary/aromatic N) is 2. The number of aryl methyl sites for hydroxylation is 1. The lowest BCUT2D eigenvalue weighted by Crippen LogP contribution is -2.48. The van der Waals surface area contributed by atoms with Crippen LogP contribution in [0, 0.1) is 6.92 Å². The smallest absolute Gasteiger partial charge is 0.374 e. The van der Waals surface area contributed by atoms with E-state index in [1.807, 2.05) is 19.1 Å². The normalized spacial score (nSPS) is 18.4. The summed E-state index contributed by atoms with van der Waals surface area (Å²) in [6.07, 6.45) is -0.700. The van der Waals surface area contributed by atoms with E-state index in [0.717, 1.165) is 36.6 Å². The molecular weight excluding hydrogens is 343 g/mol. The number of halogens is 3. The van der Waals surface area contributed by atoms with Gasteiger partial charge in [0.25, 0.3) is 0 Å². The summed E-state index contributed by atoms with van der Waals surface area (Å²) < 4.78 is 46.6. The number of ether oxygens (including phenoxy) is 1. The van der Waals surface area contributed by atoms with Gasteiger partial charge in [-0.25, -0.2) is 0 Å². The topological polar surface area (TPSA) is 41.8 Å². The number of alkyl halides is 3. The predicted molar refractivity (Wildman–Crippen MR) is 90.3 cm³/mol. The maximum Gasteiger partial charge on any atom is 0.638 e. The van der Waals surface area contributed by atoms with Crippen molar-refractivity contribution >= 4 is 10.9 Å². The van der Waals surface area contributed by atoms with Crippen molar-refractivity contribution in [2.24, 2.45) is 0 Å². The number of nitrogens with one attached hydrogen (secondary N) is 1. The molecule has 0 amide bonds. The van der Waals surface area contributed by atoms with E-state index in [-0.39, 0.29) is 11.8 Å². The number of pyridine rings is 1. The molecule has 0 aliphatic carbocycles. The molecule has 1 aromatic carbocycles. The van der Waals surface area contributed by atoms with Gasteiger partial charge in [-0.15, -0.1) is 13.2 Å². The quantitative estimate of drug-likeness (QED) is 0.680. The first-order valence-corrected chi connectivity index (χ1v) is 8.64. The SMILES string of the molecule is Cc1ccc(C2CCCCO2)c2c(-c3cccc[n+]3C(F)(F)F)[nH]nc12. The Kier molecular flexibility index (Phi) is 4.19. The Morgan fingerprint density at radius 3 is 2.77 bits per heavy atom. The summed E-state index contributed by atoms with van der Waals surface area (Å²) in [6.45, 7) is 2.57. The number of rotatable bonds is 2. The number of H-pyrrole nitrogens is 1. The van der Waals surface area contributed by atoms with Gasteiger partial charge in [0.2, 0.25) is 5.69 Å². The van der Waals surface area contributed by atoms with Crippen LogP contribution in [0.15, 0.2) is 36.5 Å². The lowest BCUT2D eigenvalue weighted by molar-refractivity contribution is -0.847. The average Bonchev–Trinajstić information content (AvgIpc) is 3.08. The van der Waals surface area contributed by atoms with E-state index in [1.54, 1.807) is 6.07 Å². The lowest BCUT2D eigenvalue weighted by Gasteiger charge is -2.24. The van der Waals surface area contributed by atoms with E-state index >= 15 is 0 Å².